The van der Waals surface area contributed by atoms with Gasteiger partial charge < -0.3 is 16.0 Å². The number of benzene rings is 1. The molecule has 4 rings (SSSR count). The summed E-state index contributed by atoms with van der Waals surface area (Å²) in [6.45, 7) is 1.74. The number of H-pyrrole nitrogens is 1. The van der Waals surface area contributed by atoms with Crippen molar-refractivity contribution in [3.63, 3.8) is 0 Å². The quantitative estimate of drug-likeness (QED) is 0.504. The molecule has 1 atom stereocenters. The van der Waals surface area contributed by atoms with E-state index in [1.165, 1.54) is 0 Å². The fourth-order valence-corrected chi connectivity index (χ4v) is 4.65. The van der Waals surface area contributed by atoms with Crippen molar-refractivity contribution in [3.05, 3.63) is 52.7 Å². The number of rotatable bonds is 4. The zero-order valence-electron chi connectivity index (χ0n) is 14.6. The first kappa shape index (κ1) is 17.6. The fourth-order valence-electron chi connectivity index (χ4n) is 3.03. The number of aromatic amines is 1. The molecule has 138 valence electrons. The van der Waals surface area contributed by atoms with Crippen LogP contribution in [0.25, 0.3) is 10.9 Å². The first-order valence-electron chi connectivity index (χ1n) is 8.21. The van der Waals surface area contributed by atoms with E-state index in [2.05, 4.69) is 26.1 Å². The smallest absolute Gasteiger partial charge is 0.319 e. The van der Waals surface area contributed by atoms with Crippen LogP contribution >= 0.6 is 23.1 Å². The Hall–Kier alpha value is -2.78. The Morgan fingerprint density at radius 2 is 2.15 bits per heavy atom. The second-order valence-electron chi connectivity index (χ2n) is 6.06. The van der Waals surface area contributed by atoms with Crippen molar-refractivity contribution in [1.82, 2.24) is 20.8 Å². The van der Waals surface area contributed by atoms with Crippen LogP contribution in [0.15, 0.2) is 52.0 Å². The minimum absolute atomic E-state index is 0.257. The summed E-state index contributed by atoms with van der Waals surface area (Å²) < 4.78 is 1.13. The monoisotopic (exact) mass is 399 g/mol. The van der Waals surface area contributed by atoms with E-state index in [9.17, 15) is 9.59 Å². The summed E-state index contributed by atoms with van der Waals surface area (Å²) in [4.78, 5) is 25.9. The number of allylic oxidation sites excluding steroid dienone is 1. The van der Waals surface area contributed by atoms with Crippen molar-refractivity contribution in [2.24, 2.45) is 0 Å². The van der Waals surface area contributed by atoms with Gasteiger partial charge in [-0.1, -0.05) is 0 Å². The maximum atomic E-state index is 13.0. The number of hydrogen-bond acceptors (Lipinski definition) is 5. The first-order chi connectivity index (χ1) is 13.0. The number of fused-ring (bicyclic) bond motifs is 1. The van der Waals surface area contributed by atoms with Crippen LogP contribution in [0.5, 0.6) is 0 Å². The van der Waals surface area contributed by atoms with Crippen LogP contribution < -0.4 is 16.0 Å². The van der Waals surface area contributed by atoms with Crippen molar-refractivity contribution in [3.8, 4) is 0 Å². The predicted octanol–water partition coefficient (Wildman–Crippen LogP) is 3.61. The third kappa shape index (κ3) is 3.43. The minimum Gasteiger partial charge on any atom is -0.326 e. The molecule has 3 heterocycles. The van der Waals surface area contributed by atoms with Crippen molar-refractivity contribution in [2.75, 3.05) is 11.6 Å². The Labute approximate surface area is 163 Å². The molecule has 0 saturated carbocycles. The fraction of sp³-hybridized carbons (Fsp3) is 0.167. The Kier molecular flexibility index (Phi) is 4.63. The molecule has 3 aromatic rings. The highest BCUT2D eigenvalue weighted by molar-refractivity contribution is 8.00. The number of nitrogens with one attached hydrogen (secondary N) is 4. The SMILES string of the molecule is CSc1ccc(C2NC(=O)NC(C)=C2C(=O)Nc2ccc3[nH]ncc3c2)s1. The minimum atomic E-state index is -0.484. The summed E-state index contributed by atoms with van der Waals surface area (Å²) in [5.41, 5.74) is 2.61. The van der Waals surface area contributed by atoms with Crippen LogP contribution in [-0.4, -0.2) is 28.4 Å². The number of thioether (sulfide) groups is 1. The van der Waals surface area contributed by atoms with Crippen molar-refractivity contribution < 1.29 is 9.59 Å². The molecule has 3 amide bonds. The molecule has 0 aliphatic carbocycles. The topological polar surface area (TPSA) is 98.9 Å². The van der Waals surface area contributed by atoms with Gasteiger partial charge in [0, 0.05) is 21.6 Å². The average Bonchev–Trinajstić information content (AvgIpc) is 3.29. The largest absolute Gasteiger partial charge is 0.326 e. The number of aromatic nitrogens is 2. The lowest BCUT2D eigenvalue weighted by Crippen LogP contribution is -2.45. The lowest BCUT2D eigenvalue weighted by atomic mass is 10.0. The van der Waals surface area contributed by atoms with Crippen LogP contribution in [0.4, 0.5) is 10.5 Å². The van der Waals surface area contributed by atoms with Crippen LogP contribution in [-0.2, 0) is 4.79 Å². The molecular weight excluding hydrogens is 382 g/mol. The Balaban J connectivity index is 1.65. The molecule has 1 aliphatic heterocycles. The van der Waals surface area contributed by atoms with Gasteiger partial charge in [-0.3, -0.25) is 9.89 Å². The van der Waals surface area contributed by atoms with Gasteiger partial charge in [0.25, 0.3) is 5.91 Å². The number of nitrogens with zero attached hydrogens (tertiary/aromatic N) is 1. The van der Waals surface area contributed by atoms with E-state index in [1.807, 2.05) is 36.6 Å². The maximum Gasteiger partial charge on any atom is 0.319 e. The second-order valence-corrected chi connectivity index (χ2v) is 8.28. The molecule has 4 N–H and O–H groups in total. The predicted molar refractivity (Wildman–Crippen MR) is 108 cm³/mol. The molecule has 9 heteroatoms. The van der Waals surface area contributed by atoms with Crippen molar-refractivity contribution in [1.29, 1.82) is 0 Å². The third-order valence-electron chi connectivity index (χ3n) is 4.30. The number of amides is 3. The maximum absolute atomic E-state index is 13.0. The molecule has 0 fully saturated rings. The van der Waals surface area contributed by atoms with E-state index in [-0.39, 0.29) is 11.9 Å². The zero-order chi connectivity index (χ0) is 19.0. The number of hydrogen-bond donors (Lipinski definition) is 4. The van der Waals surface area contributed by atoms with E-state index in [1.54, 1.807) is 36.2 Å². The number of carbonyl (C=O) groups is 2. The molecule has 0 saturated heterocycles. The Bertz CT molecular complexity index is 1070. The van der Waals surface area contributed by atoms with E-state index in [0.717, 1.165) is 20.0 Å². The highest BCUT2D eigenvalue weighted by Crippen LogP contribution is 2.35. The number of anilines is 1. The molecule has 0 radical (unpaired) electrons. The van der Waals surface area contributed by atoms with E-state index >= 15 is 0 Å². The van der Waals surface area contributed by atoms with E-state index in [4.69, 9.17) is 0 Å². The lowest BCUT2D eigenvalue weighted by Gasteiger charge is -2.27. The third-order valence-corrected chi connectivity index (χ3v) is 6.53. The summed E-state index contributed by atoms with van der Waals surface area (Å²) in [5.74, 6) is -0.257. The molecule has 1 aromatic carbocycles. The van der Waals surface area contributed by atoms with E-state index < -0.39 is 6.04 Å². The van der Waals surface area contributed by atoms with Crippen LogP contribution in [0, 0.1) is 0 Å². The van der Waals surface area contributed by atoms with Gasteiger partial charge in [-0.05, 0) is 43.5 Å². The van der Waals surface area contributed by atoms with Crippen LogP contribution in [0.3, 0.4) is 0 Å². The number of thiophene rings is 1. The normalized spacial score (nSPS) is 17.0. The molecule has 1 unspecified atom stereocenters. The van der Waals surface area contributed by atoms with Crippen LogP contribution in [0.1, 0.15) is 17.8 Å². The summed E-state index contributed by atoms with van der Waals surface area (Å²) in [6.07, 6.45) is 3.70. The van der Waals surface area contributed by atoms with Gasteiger partial charge in [-0.2, -0.15) is 5.10 Å². The zero-order valence-corrected chi connectivity index (χ0v) is 16.3. The number of carbonyl (C=O) groups excluding carboxylic acids is 2. The molecule has 1 aliphatic rings. The molecule has 27 heavy (non-hydrogen) atoms. The summed E-state index contributed by atoms with van der Waals surface area (Å²) >= 11 is 3.20. The van der Waals surface area contributed by atoms with Gasteiger partial charge in [-0.25, -0.2) is 4.79 Å². The first-order valence-corrected chi connectivity index (χ1v) is 10.3. The number of urea groups is 1. The summed E-state index contributed by atoms with van der Waals surface area (Å²) in [7, 11) is 0. The molecular formula is C18H17N5O2S2. The van der Waals surface area contributed by atoms with Gasteiger partial charge in [-0.15, -0.1) is 23.1 Å². The van der Waals surface area contributed by atoms with Crippen molar-refractivity contribution in [2.45, 2.75) is 17.2 Å². The standard InChI is InChI=1S/C18H17N5O2S2/c1-9-15(16(22-18(25)20-9)13-5-6-14(26-2)27-13)17(24)21-11-3-4-12-10(7-11)8-19-23-12/h3-8,16H,1-2H3,(H,19,23)(H,21,24)(H2,20,22,25). The van der Waals surface area contributed by atoms with Crippen molar-refractivity contribution >= 4 is 51.6 Å². The summed E-state index contributed by atoms with van der Waals surface area (Å²) in [6, 6.07) is 8.68. The molecule has 0 spiro atoms. The Morgan fingerprint density at radius 1 is 1.30 bits per heavy atom. The van der Waals surface area contributed by atoms with Gasteiger partial charge in [0.1, 0.15) is 0 Å². The molecule has 7 nitrogen and oxygen atoms in total. The van der Waals surface area contributed by atoms with E-state index in [0.29, 0.717) is 17.0 Å². The average molecular weight is 400 g/mol. The Morgan fingerprint density at radius 3 is 2.93 bits per heavy atom. The van der Waals surface area contributed by atoms with Gasteiger partial charge in [0.05, 0.1) is 27.5 Å². The van der Waals surface area contributed by atoms with Crippen LogP contribution in [0.2, 0.25) is 0 Å². The lowest BCUT2D eigenvalue weighted by molar-refractivity contribution is -0.113. The van der Waals surface area contributed by atoms with Gasteiger partial charge in [0.15, 0.2) is 0 Å². The van der Waals surface area contributed by atoms with Gasteiger partial charge >= 0.3 is 6.03 Å². The van der Waals surface area contributed by atoms with Gasteiger partial charge in [0.2, 0.25) is 0 Å². The second kappa shape index (κ2) is 7.09. The highest BCUT2D eigenvalue weighted by atomic mass is 32.2. The molecule has 2 aromatic heterocycles. The summed E-state index contributed by atoms with van der Waals surface area (Å²) in [5, 5.41) is 16.3. The molecule has 0 bridgehead atoms. The highest BCUT2D eigenvalue weighted by Gasteiger charge is 2.32.